The fourth-order valence-electron chi connectivity index (χ4n) is 7.11. The van der Waals surface area contributed by atoms with Crippen molar-refractivity contribution in [3.63, 3.8) is 0 Å². The van der Waals surface area contributed by atoms with Crippen LogP contribution >= 0.6 is 0 Å². The van der Waals surface area contributed by atoms with E-state index >= 15 is 0 Å². The molecule has 1 fully saturated rings. The third kappa shape index (κ3) is 6.97. The van der Waals surface area contributed by atoms with Crippen LogP contribution in [0.3, 0.4) is 0 Å². The monoisotopic (exact) mass is 641 g/mol. The third-order valence-corrected chi connectivity index (χ3v) is 9.62. The summed E-state index contributed by atoms with van der Waals surface area (Å²) >= 11 is 0. The first-order valence-corrected chi connectivity index (χ1v) is 16.8. The van der Waals surface area contributed by atoms with Crippen LogP contribution < -0.4 is 0 Å². The number of hydrogen-bond donors (Lipinski definition) is 0. The Hall–Kier alpha value is -5.01. The van der Waals surface area contributed by atoms with Gasteiger partial charge in [-0.15, -0.1) is 0 Å². The van der Waals surface area contributed by atoms with Gasteiger partial charge in [0, 0.05) is 49.8 Å². The van der Waals surface area contributed by atoms with Gasteiger partial charge in [0.15, 0.2) is 0 Å². The van der Waals surface area contributed by atoms with Crippen molar-refractivity contribution in [1.29, 1.82) is 0 Å². The van der Waals surface area contributed by atoms with Crippen LogP contribution in [0, 0.1) is 6.92 Å². The Bertz CT molecular complexity index is 1740. The summed E-state index contributed by atoms with van der Waals surface area (Å²) < 4.78 is 5.46. The maximum atomic E-state index is 13.6. The summed E-state index contributed by atoms with van der Waals surface area (Å²) in [6, 6.07) is 36.6. The molecule has 0 N–H and O–H groups in total. The zero-order valence-corrected chi connectivity index (χ0v) is 28.0. The summed E-state index contributed by atoms with van der Waals surface area (Å²) in [6.07, 6.45) is 0.189. The molecule has 0 aliphatic carbocycles. The summed E-state index contributed by atoms with van der Waals surface area (Å²) in [7, 11) is 0. The first-order valence-electron chi connectivity index (χ1n) is 16.8. The van der Waals surface area contributed by atoms with E-state index in [4.69, 9.17) is 4.74 Å². The molecule has 6 rings (SSSR count). The second-order valence-electron chi connectivity index (χ2n) is 12.6. The summed E-state index contributed by atoms with van der Waals surface area (Å²) in [5, 5.41) is 0. The van der Waals surface area contributed by atoms with Crippen LogP contribution in [0.5, 0.6) is 0 Å². The van der Waals surface area contributed by atoms with Crippen molar-refractivity contribution in [2.45, 2.75) is 45.7 Å². The molecule has 246 valence electrons. The molecule has 0 spiro atoms. The van der Waals surface area contributed by atoms with Crippen molar-refractivity contribution in [3.8, 4) is 0 Å². The lowest BCUT2D eigenvalue weighted by molar-refractivity contribution is -0.140. The van der Waals surface area contributed by atoms with E-state index < -0.39 is 0 Å². The molecular formula is C41H43N3O4. The number of hydrogen-bond acceptors (Lipinski definition) is 5. The molecule has 2 amide bonds. The minimum atomic E-state index is -0.388. The highest BCUT2D eigenvalue weighted by atomic mass is 16.5. The number of carbonyl (C=O) groups is 3. The molecular weight excluding hydrogens is 598 g/mol. The van der Waals surface area contributed by atoms with Crippen molar-refractivity contribution in [3.05, 3.63) is 154 Å². The van der Waals surface area contributed by atoms with Crippen LogP contribution in [-0.2, 0) is 20.9 Å². The molecule has 4 aromatic rings. The number of ether oxygens (including phenoxy) is 1. The summed E-state index contributed by atoms with van der Waals surface area (Å²) in [4.78, 5) is 46.4. The van der Waals surface area contributed by atoms with E-state index in [9.17, 15) is 14.4 Å². The Morgan fingerprint density at radius 2 is 1.35 bits per heavy atom. The van der Waals surface area contributed by atoms with E-state index in [0.717, 1.165) is 29.8 Å². The zero-order chi connectivity index (χ0) is 33.6. The highest BCUT2D eigenvalue weighted by Gasteiger charge is 2.37. The van der Waals surface area contributed by atoms with E-state index in [2.05, 4.69) is 53.4 Å². The van der Waals surface area contributed by atoms with Crippen molar-refractivity contribution in [2.75, 3.05) is 32.8 Å². The Morgan fingerprint density at radius 3 is 1.94 bits per heavy atom. The lowest BCUT2D eigenvalue weighted by Gasteiger charge is -2.39. The fourth-order valence-corrected chi connectivity index (χ4v) is 7.11. The van der Waals surface area contributed by atoms with Gasteiger partial charge in [-0.05, 0) is 60.7 Å². The molecule has 4 aromatic carbocycles. The molecule has 0 bridgehead atoms. The number of rotatable bonds is 9. The number of allylic oxidation sites excluding steroid dienone is 1. The van der Waals surface area contributed by atoms with E-state index in [1.54, 1.807) is 11.8 Å². The smallest absolute Gasteiger partial charge is 0.336 e. The van der Waals surface area contributed by atoms with Crippen molar-refractivity contribution >= 4 is 17.8 Å². The zero-order valence-electron chi connectivity index (χ0n) is 28.0. The maximum Gasteiger partial charge on any atom is 0.336 e. The highest BCUT2D eigenvalue weighted by Crippen LogP contribution is 2.39. The lowest BCUT2D eigenvalue weighted by Crippen LogP contribution is -2.49. The SMILES string of the molecule is CCOC(=O)C1=C(C)N(Cc2ccc(C(=O)N3CCN(C(c4ccccc4)c4ccccc4)CC3)cc2)C(=O)CC1c1ccccc1C. The quantitative estimate of drug-likeness (QED) is 0.186. The summed E-state index contributed by atoms with van der Waals surface area (Å²) in [5.74, 6) is -0.783. The van der Waals surface area contributed by atoms with Gasteiger partial charge in [0.05, 0.1) is 24.8 Å². The number of amides is 2. The fraction of sp³-hybridized carbons (Fsp3) is 0.293. The van der Waals surface area contributed by atoms with E-state index in [-0.39, 0.29) is 42.8 Å². The van der Waals surface area contributed by atoms with E-state index in [1.165, 1.54) is 11.1 Å². The number of benzene rings is 4. The second kappa shape index (κ2) is 14.8. The average molecular weight is 642 g/mol. The number of carbonyl (C=O) groups excluding carboxylic acids is 3. The summed E-state index contributed by atoms with van der Waals surface area (Å²) in [6.45, 7) is 9.00. The first-order chi connectivity index (χ1) is 23.4. The van der Waals surface area contributed by atoms with Crippen LogP contribution in [0.2, 0.25) is 0 Å². The van der Waals surface area contributed by atoms with Gasteiger partial charge in [-0.1, -0.05) is 97.1 Å². The largest absolute Gasteiger partial charge is 0.463 e. The van der Waals surface area contributed by atoms with Gasteiger partial charge in [0.1, 0.15) is 0 Å². The molecule has 1 saturated heterocycles. The Labute approximate surface area is 283 Å². The number of nitrogens with zero attached hydrogens (tertiary/aromatic N) is 3. The normalized spacial score (nSPS) is 17.2. The maximum absolute atomic E-state index is 13.6. The summed E-state index contributed by atoms with van der Waals surface area (Å²) in [5.41, 5.74) is 7.14. The number of esters is 1. The van der Waals surface area contributed by atoms with Gasteiger partial charge < -0.3 is 14.5 Å². The van der Waals surface area contributed by atoms with Crippen molar-refractivity contribution in [2.24, 2.45) is 0 Å². The number of aryl methyl sites for hydroxylation is 1. The molecule has 48 heavy (non-hydrogen) atoms. The molecule has 0 aromatic heterocycles. The Balaban J connectivity index is 1.14. The van der Waals surface area contributed by atoms with Crippen LogP contribution in [0.25, 0.3) is 0 Å². The van der Waals surface area contributed by atoms with Gasteiger partial charge in [-0.3, -0.25) is 14.5 Å². The van der Waals surface area contributed by atoms with E-state index in [1.807, 2.05) is 79.4 Å². The topological polar surface area (TPSA) is 70.2 Å². The number of piperazine rings is 1. The standard InChI is InChI=1S/C41H43N3O4/c1-4-48-41(47)38-30(3)44(37(45)27-36(38)35-18-12-11-13-29(35)2)28-31-19-21-34(22-20-31)40(46)43-25-23-42(24-26-43)39(32-14-7-5-8-15-32)33-16-9-6-10-17-33/h5-22,36,39H,4,23-28H2,1-3H3. The second-order valence-corrected chi connectivity index (χ2v) is 12.6. The molecule has 0 radical (unpaired) electrons. The Kier molecular flexibility index (Phi) is 10.2. The lowest BCUT2D eigenvalue weighted by atomic mass is 9.81. The van der Waals surface area contributed by atoms with E-state index in [0.29, 0.717) is 36.5 Å². The van der Waals surface area contributed by atoms with Gasteiger partial charge >= 0.3 is 5.97 Å². The minimum Gasteiger partial charge on any atom is -0.463 e. The molecule has 7 heteroatoms. The molecule has 1 unspecified atom stereocenters. The highest BCUT2D eigenvalue weighted by molar-refractivity contribution is 5.96. The first kappa shape index (κ1) is 32.9. The van der Waals surface area contributed by atoms with Gasteiger partial charge in [-0.2, -0.15) is 0 Å². The molecule has 2 heterocycles. The van der Waals surface area contributed by atoms with Gasteiger partial charge in [-0.25, -0.2) is 4.79 Å². The van der Waals surface area contributed by atoms with Crippen LogP contribution in [0.1, 0.15) is 70.4 Å². The van der Waals surface area contributed by atoms with Crippen LogP contribution in [0.4, 0.5) is 0 Å². The van der Waals surface area contributed by atoms with Gasteiger partial charge in [0.25, 0.3) is 5.91 Å². The third-order valence-electron chi connectivity index (χ3n) is 9.62. The molecule has 2 aliphatic rings. The predicted molar refractivity (Wildman–Crippen MR) is 187 cm³/mol. The van der Waals surface area contributed by atoms with Crippen LogP contribution in [-0.4, -0.2) is 65.3 Å². The van der Waals surface area contributed by atoms with Gasteiger partial charge in [0.2, 0.25) is 5.91 Å². The molecule has 0 saturated carbocycles. The predicted octanol–water partition coefficient (Wildman–Crippen LogP) is 6.90. The van der Waals surface area contributed by atoms with Crippen LogP contribution in [0.15, 0.2) is 120 Å². The minimum absolute atomic E-state index is 0.00738. The molecule has 2 aliphatic heterocycles. The van der Waals surface area contributed by atoms with Crippen molar-refractivity contribution in [1.82, 2.24) is 14.7 Å². The Morgan fingerprint density at radius 1 is 0.771 bits per heavy atom. The average Bonchev–Trinajstić information content (AvgIpc) is 3.11. The molecule has 1 atom stereocenters. The van der Waals surface area contributed by atoms with Crippen molar-refractivity contribution < 1.29 is 19.1 Å². The molecule has 7 nitrogen and oxygen atoms in total.